The lowest BCUT2D eigenvalue weighted by Gasteiger charge is -2.07. The lowest BCUT2D eigenvalue weighted by molar-refractivity contribution is 0.250. The maximum Gasteiger partial charge on any atom is 0.141 e. The van der Waals surface area contributed by atoms with E-state index in [0.717, 1.165) is 10.8 Å². The fourth-order valence-corrected chi connectivity index (χ4v) is 1.75. The normalized spacial score (nSPS) is 12.5. The van der Waals surface area contributed by atoms with Crippen LogP contribution in [0.4, 0.5) is 5.82 Å². The van der Waals surface area contributed by atoms with Crippen LogP contribution in [0.1, 0.15) is 6.92 Å². The first-order valence-corrected chi connectivity index (χ1v) is 5.42. The molecule has 0 amide bonds. The van der Waals surface area contributed by atoms with Crippen LogP contribution in [0.25, 0.3) is 0 Å². The fraction of sp³-hybridized carbons (Fsp3) is 0.444. The average molecular weight is 213 g/mol. The summed E-state index contributed by atoms with van der Waals surface area (Å²) in [4.78, 5) is 4.24. The summed E-state index contributed by atoms with van der Waals surface area (Å²) in [6.45, 7) is 2.21. The topological polar surface area (TPSA) is 71.2 Å². The zero-order valence-corrected chi connectivity index (χ0v) is 8.92. The number of aromatic nitrogens is 1. The number of nitrogens with two attached hydrogens (primary N) is 1. The number of rotatable bonds is 5. The van der Waals surface area contributed by atoms with Gasteiger partial charge in [-0.2, -0.15) is 0 Å². The number of hydrogen-bond donors (Lipinski definition) is 3. The minimum atomic E-state index is 0.210. The first-order valence-electron chi connectivity index (χ1n) is 4.43. The predicted octanol–water partition coefficient (Wildman–Crippen LogP) is 1.09. The first-order chi connectivity index (χ1) is 6.76. The lowest BCUT2D eigenvalue weighted by Crippen LogP contribution is -2.08. The molecule has 1 aromatic heterocycles. The summed E-state index contributed by atoms with van der Waals surface area (Å²) in [5.74, 6) is 7.04. The quantitative estimate of drug-likeness (QED) is 0.388. The molecule has 1 atom stereocenters. The van der Waals surface area contributed by atoms with Crippen molar-refractivity contribution in [2.45, 2.75) is 11.9 Å². The van der Waals surface area contributed by atoms with Gasteiger partial charge in [-0.15, -0.1) is 11.8 Å². The number of thioether (sulfide) groups is 1. The van der Waals surface area contributed by atoms with Crippen LogP contribution < -0.4 is 11.3 Å². The molecule has 78 valence electrons. The number of nitrogen functional groups attached to an aromatic ring is 1. The van der Waals surface area contributed by atoms with Crippen molar-refractivity contribution in [3.05, 3.63) is 18.2 Å². The highest BCUT2D eigenvalue weighted by Crippen LogP contribution is 2.19. The molecule has 4 N–H and O–H groups in total. The Morgan fingerprint density at radius 1 is 1.64 bits per heavy atom. The molecule has 1 heterocycles. The number of anilines is 1. The Morgan fingerprint density at radius 3 is 3.07 bits per heavy atom. The van der Waals surface area contributed by atoms with E-state index in [1.54, 1.807) is 17.8 Å². The second kappa shape index (κ2) is 5.85. The predicted molar refractivity (Wildman–Crippen MR) is 59.0 cm³/mol. The Kier molecular flexibility index (Phi) is 4.72. The summed E-state index contributed by atoms with van der Waals surface area (Å²) in [6.07, 6.45) is 0. The van der Waals surface area contributed by atoms with E-state index in [9.17, 15) is 0 Å². The van der Waals surface area contributed by atoms with Crippen molar-refractivity contribution in [3.8, 4) is 0 Å². The Bertz CT molecular complexity index is 283. The molecule has 0 aliphatic carbocycles. The Balaban J connectivity index is 2.50. The van der Waals surface area contributed by atoms with E-state index < -0.39 is 0 Å². The number of aliphatic hydroxyl groups is 1. The van der Waals surface area contributed by atoms with Crippen LogP contribution in [0.2, 0.25) is 0 Å². The van der Waals surface area contributed by atoms with Gasteiger partial charge in [0, 0.05) is 12.4 Å². The zero-order chi connectivity index (χ0) is 10.4. The molecule has 0 radical (unpaired) electrons. The molecule has 5 heteroatoms. The van der Waals surface area contributed by atoms with Crippen LogP contribution in [-0.4, -0.2) is 22.5 Å². The molecular formula is C9H15N3OS. The van der Waals surface area contributed by atoms with Gasteiger partial charge in [0.2, 0.25) is 0 Å². The molecule has 1 aromatic rings. The number of hydrogen-bond acceptors (Lipinski definition) is 5. The molecule has 4 nitrogen and oxygen atoms in total. The lowest BCUT2D eigenvalue weighted by atomic mass is 10.2. The van der Waals surface area contributed by atoms with Gasteiger partial charge >= 0.3 is 0 Å². The highest BCUT2D eigenvalue weighted by Gasteiger charge is 2.02. The Morgan fingerprint density at radius 2 is 2.43 bits per heavy atom. The second-order valence-electron chi connectivity index (χ2n) is 3.10. The van der Waals surface area contributed by atoms with Gasteiger partial charge in [-0.05, 0) is 18.1 Å². The molecule has 0 spiro atoms. The molecule has 0 aliphatic heterocycles. The fourth-order valence-electron chi connectivity index (χ4n) is 0.856. The van der Waals surface area contributed by atoms with E-state index in [1.807, 2.05) is 19.1 Å². The van der Waals surface area contributed by atoms with Crippen LogP contribution in [0.3, 0.4) is 0 Å². The van der Waals surface area contributed by atoms with Crippen LogP contribution in [-0.2, 0) is 0 Å². The summed E-state index contributed by atoms with van der Waals surface area (Å²) < 4.78 is 0. The van der Waals surface area contributed by atoms with Crippen molar-refractivity contribution in [2.24, 2.45) is 11.8 Å². The van der Waals surface area contributed by atoms with Crippen molar-refractivity contribution in [1.29, 1.82) is 0 Å². The van der Waals surface area contributed by atoms with E-state index in [1.165, 1.54) is 0 Å². The molecule has 0 aromatic carbocycles. The summed E-state index contributed by atoms with van der Waals surface area (Å²) in [5.41, 5.74) is 2.50. The molecule has 0 saturated heterocycles. The molecular weight excluding hydrogens is 198 g/mol. The van der Waals surface area contributed by atoms with Gasteiger partial charge < -0.3 is 10.5 Å². The smallest absolute Gasteiger partial charge is 0.141 e. The summed E-state index contributed by atoms with van der Waals surface area (Å²) >= 11 is 1.62. The van der Waals surface area contributed by atoms with Gasteiger partial charge in [0.05, 0.1) is 5.03 Å². The van der Waals surface area contributed by atoms with Gasteiger partial charge in [0.1, 0.15) is 5.82 Å². The second-order valence-corrected chi connectivity index (χ2v) is 4.14. The number of aliphatic hydroxyl groups excluding tert-OH is 1. The van der Waals surface area contributed by atoms with Gasteiger partial charge in [0.15, 0.2) is 0 Å². The monoisotopic (exact) mass is 213 g/mol. The van der Waals surface area contributed by atoms with Gasteiger partial charge in [-0.25, -0.2) is 10.8 Å². The molecule has 1 rings (SSSR count). The third kappa shape index (κ3) is 3.53. The van der Waals surface area contributed by atoms with Crippen LogP contribution >= 0.6 is 11.8 Å². The van der Waals surface area contributed by atoms with Gasteiger partial charge in [0.25, 0.3) is 0 Å². The highest BCUT2D eigenvalue weighted by molar-refractivity contribution is 7.99. The number of nitrogens with zero attached hydrogens (tertiary/aromatic N) is 1. The third-order valence-corrected chi connectivity index (χ3v) is 2.96. The van der Waals surface area contributed by atoms with Gasteiger partial charge in [-0.3, -0.25) is 0 Å². The van der Waals surface area contributed by atoms with E-state index in [2.05, 4.69) is 10.4 Å². The summed E-state index contributed by atoms with van der Waals surface area (Å²) in [5, 5.41) is 9.76. The van der Waals surface area contributed by atoms with E-state index in [0.29, 0.717) is 5.82 Å². The van der Waals surface area contributed by atoms with Crippen LogP contribution in [0, 0.1) is 5.92 Å². The summed E-state index contributed by atoms with van der Waals surface area (Å²) in [6, 6.07) is 5.63. The number of hydrazine groups is 1. The highest BCUT2D eigenvalue weighted by atomic mass is 32.2. The minimum Gasteiger partial charge on any atom is -0.396 e. The first kappa shape index (κ1) is 11.3. The van der Waals surface area contributed by atoms with Crippen molar-refractivity contribution < 1.29 is 5.11 Å². The molecule has 1 unspecified atom stereocenters. The average Bonchev–Trinajstić information content (AvgIpc) is 2.26. The molecule has 0 fully saturated rings. The number of nitrogens with one attached hydrogen (secondary N) is 1. The Labute approximate surface area is 87.9 Å². The zero-order valence-electron chi connectivity index (χ0n) is 8.10. The van der Waals surface area contributed by atoms with Crippen LogP contribution in [0.5, 0.6) is 0 Å². The largest absolute Gasteiger partial charge is 0.396 e. The molecule has 0 saturated carbocycles. The SMILES string of the molecule is CC(CO)CSc1cccc(NN)n1. The molecule has 14 heavy (non-hydrogen) atoms. The number of pyridine rings is 1. The molecule has 0 bridgehead atoms. The standard InChI is InChI=1S/C9H15N3OS/c1-7(5-13)6-14-9-4-2-3-8(11-9)12-10/h2-4,7,13H,5-6,10H2,1H3,(H,11,12). The maximum atomic E-state index is 8.85. The Hall–Kier alpha value is -0.780. The van der Waals surface area contributed by atoms with E-state index in [-0.39, 0.29) is 12.5 Å². The maximum absolute atomic E-state index is 8.85. The molecule has 0 aliphatic rings. The van der Waals surface area contributed by atoms with Crippen molar-refractivity contribution in [3.63, 3.8) is 0 Å². The van der Waals surface area contributed by atoms with Crippen molar-refractivity contribution in [1.82, 2.24) is 4.98 Å². The van der Waals surface area contributed by atoms with Crippen LogP contribution in [0.15, 0.2) is 23.2 Å². The summed E-state index contributed by atoms with van der Waals surface area (Å²) in [7, 11) is 0. The third-order valence-electron chi connectivity index (χ3n) is 1.70. The van der Waals surface area contributed by atoms with E-state index in [4.69, 9.17) is 10.9 Å². The van der Waals surface area contributed by atoms with Crippen molar-refractivity contribution >= 4 is 17.6 Å². The minimum absolute atomic E-state index is 0.210. The van der Waals surface area contributed by atoms with Crippen molar-refractivity contribution in [2.75, 3.05) is 17.8 Å². The van der Waals surface area contributed by atoms with Gasteiger partial charge in [-0.1, -0.05) is 13.0 Å². The van der Waals surface area contributed by atoms with E-state index >= 15 is 0 Å².